The first kappa shape index (κ1) is 15.2. The number of rotatable bonds is 3. The molecule has 1 aliphatic rings. The molecule has 1 heterocycles. The number of anilines is 1. The van der Waals surface area contributed by atoms with Crippen LogP contribution in [0.1, 0.15) is 11.1 Å². The van der Waals surface area contributed by atoms with E-state index in [0.29, 0.717) is 22.3 Å². The van der Waals surface area contributed by atoms with Crippen LogP contribution in [-0.2, 0) is 17.8 Å². The van der Waals surface area contributed by atoms with Gasteiger partial charge < -0.3 is 10.2 Å². The number of nitrogens with zero attached hydrogens (tertiary/aromatic N) is 1. The van der Waals surface area contributed by atoms with Crippen LogP contribution in [-0.4, -0.2) is 23.9 Å². The highest BCUT2D eigenvalue weighted by molar-refractivity contribution is 6.39. The van der Waals surface area contributed by atoms with Crippen molar-refractivity contribution in [2.45, 2.75) is 13.0 Å². The molecule has 0 spiro atoms. The molecular weight excluding hydrogens is 319 g/mol. The van der Waals surface area contributed by atoms with Crippen molar-refractivity contribution in [3.8, 4) is 0 Å². The fourth-order valence-electron chi connectivity index (χ4n) is 2.65. The minimum Gasteiger partial charge on any atom is -0.374 e. The van der Waals surface area contributed by atoms with Crippen LogP contribution >= 0.6 is 23.2 Å². The SMILES string of the molecule is O=C(CNc1c(Cl)cccc1Cl)N1CCc2ccccc2C1. The molecule has 3 rings (SSSR count). The van der Waals surface area contributed by atoms with Gasteiger partial charge in [0.2, 0.25) is 5.91 Å². The van der Waals surface area contributed by atoms with E-state index in [2.05, 4.69) is 17.4 Å². The van der Waals surface area contributed by atoms with Crippen molar-refractivity contribution in [3.05, 3.63) is 63.6 Å². The quantitative estimate of drug-likeness (QED) is 0.920. The Hall–Kier alpha value is -1.71. The van der Waals surface area contributed by atoms with Gasteiger partial charge in [-0.2, -0.15) is 0 Å². The lowest BCUT2D eigenvalue weighted by molar-refractivity contribution is -0.130. The van der Waals surface area contributed by atoms with Crippen LogP contribution in [0.15, 0.2) is 42.5 Å². The van der Waals surface area contributed by atoms with Gasteiger partial charge in [-0.25, -0.2) is 0 Å². The number of carbonyl (C=O) groups excluding carboxylic acids is 1. The first-order valence-electron chi connectivity index (χ1n) is 7.17. The second kappa shape index (κ2) is 6.59. The molecule has 0 radical (unpaired) electrons. The van der Waals surface area contributed by atoms with Crippen molar-refractivity contribution in [2.24, 2.45) is 0 Å². The fourth-order valence-corrected chi connectivity index (χ4v) is 3.18. The molecule has 0 aromatic heterocycles. The molecule has 0 bridgehead atoms. The monoisotopic (exact) mass is 334 g/mol. The maximum atomic E-state index is 12.4. The lowest BCUT2D eigenvalue weighted by Gasteiger charge is -2.29. The largest absolute Gasteiger partial charge is 0.374 e. The van der Waals surface area contributed by atoms with Gasteiger partial charge in [0.1, 0.15) is 0 Å². The number of fused-ring (bicyclic) bond motifs is 1. The standard InChI is InChI=1S/C17H16Cl2N2O/c18-14-6-3-7-15(19)17(14)20-10-16(22)21-9-8-12-4-1-2-5-13(12)11-21/h1-7,20H,8-11H2. The third kappa shape index (κ3) is 3.21. The molecular formula is C17H16Cl2N2O. The van der Waals surface area contributed by atoms with E-state index >= 15 is 0 Å². The summed E-state index contributed by atoms with van der Waals surface area (Å²) >= 11 is 12.2. The van der Waals surface area contributed by atoms with Crippen molar-refractivity contribution in [3.63, 3.8) is 0 Å². The van der Waals surface area contributed by atoms with E-state index in [4.69, 9.17) is 23.2 Å². The van der Waals surface area contributed by atoms with Gasteiger partial charge >= 0.3 is 0 Å². The average molecular weight is 335 g/mol. The predicted octanol–water partition coefficient (Wildman–Crippen LogP) is 3.99. The van der Waals surface area contributed by atoms with E-state index in [1.807, 2.05) is 17.0 Å². The van der Waals surface area contributed by atoms with E-state index in [-0.39, 0.29) is 12.5 Å². The first-order chi connectivity index (χ1) is 10.6. The van der Waals surface area contributed by atoms with Crippen molar-refractivity contribution in [1.29, 1.82) is 0 Å². The Morgan fingerprint density at radius 1 is 1.05 bits per heavy atom. The van der Waals surface area contributed by atoms with Gasteiger partial charge in [-0.1, -0.05) is 53.5 Å². The molecule has 0 saturated carbocycles. The summed E-state index contributed by atoms with van der Waals surface area (Å²) in [7, 11) is 0. The lowest BCUT2D eigenvalue weighted by Crippen LogP contribution is -2.39. The number of halogens is 2. The molecule has 0 aliphatic carbocycles. The van der Waals surface area contributed by atoms with Gasteiger partial charge in [0, 0.05) is 13.1 Å². The van der Waals surface area contributed by atoms with Crippen LogP contribution in [0.3, 0.4) is 0 Å². The average Bonchev–Trinajstić information content (AvgIpc) is 2.53. The van der Waals surface area contributed by atoms with Crippen molar-refractivity contribution >= 4 is 34.8 Å². The van der Waals surface area contributed by atoms with Crippen LogP contribution in [0, 0.1) is 0 Å². The molecule has 0 atom stereocenters. The Kier molecular flexibility index (Phi) is 4.55. The van der Waals surface area contributed by atoms with E-state index in [9.17, 15) is 4.79 Å². The van der Waals surface area contributed by atoms with Gasteiger partial charge in [-0.05, 0) is 29.7 Å². The normalized spacial score (nSPS) is 13.6. The smallest absolute Gasteiger partial charge is 0.242 e. The van der Waals surface area contributed by atoms with Crippen LogP contribution in [0.4, 0.5) is 5.69 Å². The summed E-state index contributed by atoms with van der Waals surface area (Å²) in [6.45, 7) is 1.59. The second-order valence-corrected chi connectivity index (χ2v) is 6.10. The maximum Gasteiger partial charge on any atom is 0.242 e. The first-order valence-corrected chi connectivity index (χ1v) is 7.93. The molecule has 0 unspecified atom stereocenters. The highest BCUT2D eigenvalue weighted by atomic mass is 35.5. The van der Waals surface area contributed by atoms with Crippen LogP contribution in [0.25, 0.3) is 0 Å². The summed E-state index contributed by atoms with van der Waals surface area (Å²) in [6.07, 6.45) is 0.898. The summed E-state index contributed by atoms with van der Waals surface area (Å²) in [5, 5.41) is 4.08. The van der Waals surface area contributed by atoms with Crippen molar-refractivity contribution < 1.29 is 4.79 Å². The molecule has 0 fully saturated rings. The molecule has 0 saturated heterocycles. The molecule has 5 heteroatoms. The van der Waals surface area contributed by atoms with E-state index in [0.717, 1.165) is 13.0 Å². The molecule has 3 nitrogen and oxygen atoms in total. The number of hydrogen-bond donors (Lipinski definition) is 1. The number of amides is 1. The molecule has 1 aliphatic heterocycles. The third-order valence-electron chi connectivity index (χ3n) is 3.86. The van der Waals surface area contributed by atoms with Crippen molar-refractivity contribution in [1.82, 2.24) is 4.90 Å². The number of hydrogen-bond acceptors (Lipinski definition) is 2. The Labute approximate surface area is 139 Å². The zero-order valence-corrected chi connectivity index (χ0v) is 13.5. The van der Waals surface area contributed by atoms with Crippen LogP contribution in [0.5, 0.6) is 0 Å². The zero-order valence-electron chi connectivity index (χ0n) is 12.0. The second-order valence-electron chi connectivity index (χ2n) is 5.28. The van der Waals surface area contributed by atoms with E-state index < -0.39 is 0 Å². The Bertz CT molecular complexity index is 683. The molecule has 114 valence electrons. The molecule has 1 amide bonds. The Morgan fingerprint density at radius 2 is 1.73 bits per heavy atom. The topological polar surface area (TPSA) is 32.3 Å². The van der Waals surface area contributed by atoms with Crippen LogP contribution < -0.4 is 5.32 Å². The Morgan fingerprint density at radius 3 is 2.45 bits per heavy atom. The summed E-state index contributed by atoms with van der Waals surface area (Å²) in [4.78, 5) is 14.2. The number of carbonyl (C=O) groups is 1. The zero-order chi connectivity index (χ0) is 15.5. The maximum absolute atomic E-state index is 12.4. The predicted molar refractivity (Wildman–Crippen MR) is 90.5 cm³/mol. The lowest BCUT2D eigenvalue weighted by atomic mass is 10.00. The van der Waals surface area contributed by atoms with E-state index in [1.165, 1.54) is 11.1 Å². The highest BCUT2D eigenvalue weighted by Crippen LogP contribution is 2.29. The van der Waals surface area contributed by atoms with Crippen molar-refractivity contribution in [2.75, 3.05) is 18.4 Å². The minimum atomic E-state index is 0.0467. The summed E-state index contributed by atoms with van der Waals surface area (Å²) in [6, 6.07) is 13.5. The van der Waals surface area contributed by atoms with Crippen LogP contribution in [0.2, 0.25) is 10.0 Å². The summed E-state index contributed by atoms with van der Waals surface area (Å²) in [5.74, 6) is 0.0467. The highest BCUT2D eigenvalue weighted by Gasteiger charge is 2.20. The van der Waals surface area contributed by atoms with Gasteiger partial charge in [-0.15, -0.1) is 0 Å². The fraction of sp³-hybridized carbons (Fsp3) is 0.235. The molecule has 2 aromatic carbocycles. The molecule has 2 aromatic rings. The Balaban J connectivity index is 1.64. The number of benzene rings is 2. The third-order valence-corrected chi connectivity index (χ3v) is 4.49. The van der Waals surface area contributed by atoms with Gasteiger partial charge in [0.15, 0.2) is 0 Å². The van der Waals surface area contributed by atoms with Gasteiger partial charge in [0.05, 0.1) is 22.3 Å². The minimum absolute atomic E-state index is 0.0467. The number of para-hydroxylation sites is 1. The van der Waals surface area contributed by atoms with E-state index in [1.54, 1.807) is 18.2 Å². The summed E-state index contributed by atoms with van der Waals surface area (Å²) < 4.78 is 0. The van der Waals surface area contributed by atoms with Gasteiger partial charge in [0.25, 0.3) is 0 Å². The molecule has 1 N–H and O–H groups in total. The van der Waals surface area contributed by atoms with Gasteiger partial charge in [-0.3, -0.25) is 4.79 Å². The summed E-state index contributed by atoms with van der Waals surface area (Å²) in [5.41, 5.74) is 3.16. The number of nitrogens with one attached hydrogen (secondary N) is 1. The molecule has 22 heavy (non-hydrogen) atoms.